The summed E-state index contributed by atoms with van der Waals surface area (Å²) in [6, 6.07) is 10.4. The summed E-state index contributed by atoms with van der Waals surface area (Å²) >= 11 is 6.13. The maximum Gasteiger partial charge on any atom is 0.241 e. The van der Waals surface area contributed by atoms with Gasteiger partial charge in [-0.25, -0.2) is 8.42 Å². The molecule has 0 bridgehead atoms. The first kappa shape index (κ1) is 23.0. The second kappa shape index (κ2) is 9.50. The van der Waals surface area contributed by atoms with E-state index in [0.29, 0.717) is 17.9 Å². The van der Waals surface area contributed by atoms with Crippen LogP contribution in [0.2, 0.25) is 5.02 Å². The van der Waals surface area contributed by atoms with Gasteiger partial charge in [-0.1, -0.05) is 42.3 Å². The van der Waals surface area contributed by atoms with E-state index in [-0.39, 0.29) is 17.6 Å². The van der Waals surface area contributed by atoms with Gasteiger partial charge in [0.1, 0.15) is 12.3 Å². The van der Waals surface area contributed by atoms with Crippen molar-refractivity contribution in [1.82, 2.24) is 5.32 Å². The number of aryl methyl sites for hydroxylation is 2. The minimum Gasteiger partial charge on any atom is -0.495 e. The number of amides is 1. The quantitative estimate of drug-likeness (QED) is 0.675. The zero-order valence-electron chi connectivity index (χ0n) is 17.3. The van der Waals surface area contributed by atoms with Crippen LogP contribution in [-0.4, -0.2) is 34.2 Å². The Hall–Kier alpha value is -2.25. The van der Waals surface area contributed by atoms with Crippen LogP contribution in [0.5, 0.6) is 5.75 Å². The van der Waals surface area contributed by atoms with Crippen molar-refractivity contribution in [3.63, 3.8) is 0 Å². The first-order valence-corrected chi connectivity index (χ1v) is 11.5. The molecule has 0 aliphatic rings. The van der Waals surface area contributed by atoms with Crippen LogP contribution >= 0.6 is 11.6 Å². The molecule has 0 unspecified atom stereocenters. The highest BCUT2D eigenvalue weighted by Gasteiger charge is 2.23. The number of hydrogen-bond acceptors (Lipinski definition) is 4. The third-order valence-corrected chi connectivity index (χ3v) is 6.09. The van der Waals surface area contributed by atoms with Crippen molar-refractivity contribution in [2.45, 2.75) is 33.2 Å². The molecule has 1 amide bonds. The lowest BCUT2D eigenvalue weighted by Crippen LogP contribution is -2.41. The van der Waals surface area contributed by atoms with E-state index in [0.717, 1.165) is 27.3 Å². The molecule has 6 nitrogen and oxygen atoms in total. The standard InChI is InChI=1S/C21H27ClN2O4S/c1-6-19(17-9-7-14(2)11-15(17)3)23-21(25)13-24(29(5,26)27)16-8-10-20(28-4)18(22)12-16/h7-12,19H,6,13H2,1-5H3,(H,23,25)/t19-/m0/s1. The molecule has 8 heteroatoms. The number of methoxy groups -OCH3 is 1. The molecule has 29 heavy (non-hydrogen) atoms. The fourth-order valence-corrected chi connectivity index (χ4v) is 4.30. The fraction of sp³-hybridized carbons (Fsp3) is 0.381. The molecule has 0 heterocycles. The molecule has 2 aromatic rings. The second-order valence-corrected chi connectivity index (χ2v) is 9.29. The zero-order chi connectivity index (χ0) is 21.8. The van der Waals surface area contributed by atoms with Crippen molar-refractivity contribution < 1.29 is 17.9 Å². The Labute approximate surface area is 177 Å². The van der Waals surface area contributed by atoms with Crippen molar-refractivity contribution in [1.29, 1.82) is 0 Å². The molecule has 0 saturated heterocycles. The number of benzene rings is 2. The summed E-state index contributed by atoms with van der Waals surface area (Å²) in [6.45, 7) is 5.64. The minimum atomic E-state index is -3.70. The minimum absolute atomic E-state index is 0.205. The number of carbonyl (C=O) groups is 1. The highest BCUT2D eigenvalue weighted by molar-refractivity contribution is 7.92. The van der Waals surface area contributed by atoms with Gasteiger partial charge in [0.05, 0.1) is 30.1 Å². The molecule has 0 radical (unpaired) electrons. The van der Waals surface area contributed by atoms with Crippen LogP contribution in [0.3, 0.4) is 0 Å². The van der Waals surface area contributed by atoms with E-state index >= 15 is 0 Å². The molecule has 0 aliphatic carbocycles. The summed E-state index contributed by atoms with van der Waals surface area (Å²) in [5.41, 5.74) is 3.55. The van der Waals surface area contributed by atoms with Crippen LogP contribution in [0.4, 0.5) is 5.69 Å². The number of hydrogen-bond donors (Lipinski definition) is 1. The Morgan fingerprint density at radius 3 is 2.41 bits per heavy atom. The maximum atomic E-state index is 12.7. The Morgan fingerprint density at radius 2 is 1.90 bits per heavy atom. The summed E-state index contributed by atoms with van der Waals surface area (Å²) in [4.78, 5) is 12.7. The maximum absolute atomic E-state index is 12.7. The smallest absolute Gasteiger partial charge is 0.241 e. The average molecular weight is 439 g/mol. The number of nitrogens with one attached hydrogen (secondary N) is 1. The number of sulfonamides is 1. The number of rotatable bonds is 8. The summed E-state index contributed by atoms with van der Waals surface area (Å²) < 4.78 is 30.8. The van der Waals surface area contributed by atoms with Crippen molar-refractivity contribution in [3.05, 3.63) is 58.1 Å². The summed E-state index contributed by atoms with van der Waals surface area (Å²) in [6.07, 6.45) is 1.74. The largest absolute Gasteiger partial charge is 0.495 e. The monoisotopic (exact) mass is 438 g/mol. The van der Waals surface area contributed by atoms with Crippen LogP contribution in [0, 0.1) is 13.8 Å². The topological polar surface area (TPSA) is 75.7 Å². The molecule has 0 aromatic heterocycles. The molecule has 0 aliphatic heterocycles. The van der Waals surface area contributed by atoms with Crippen LogP contribution in [-0.2, 0) is 14.8 Å². The van der Waals surface area contributed by atoms with Gasteiger partial charge in [-0.05, 0) is 49.6 Å². The van der Waals surface area contributed by atoms with E-state index in [1.54, 1.807) is 12.1 Å². The number of nitrogens with zero attached hydrogens (tertiary/aromatic N) is 1. The van der Waals surface area contributed by atoms with E-state index < -0.39 is 15.9 Å². The van der Waals surface area contributed by atoms with Gasteiger partial charge in [-0.3, -0.25) is 9.10 Å². The Morgan fingerprint density at radius 1 is 1.21 bits per heavy atom. The SMILES string of the molecule is CC[C@H](NC(=O)CN(c1ccc(OC)c(Cl)c1)S(C)(=O)=O)c1ccc(C)cc1C. The molecular weight excluding hydrogens is 412 g/mol. The van der Waals surface area contributed by atoms with E-state index in [2.05, 4.69) is 11.4 Å². The molecule has 1 N–H and O–H groups in total. The van der Waals surface area contributed by atoms with Crippen molar-refractivity contribution in [3.8, 4) is 5.75 Å². The molecule has 1 atom stereocenters. The highest BCUT2D eigenvalue weighted by atomic mass is 35.5. The Balaban J connectivity index is 2.25. The van der Waals surface area contributed by atoms with Crippen LogP contribution in [0.25, 0.3) is 0 Å². The number of halogens is 1. The molecule has 0 saturated carbocycles. The molecule has 2 rings (SSSR count). The summed E-state index contributed by atoms with van der Waals surface area (Å²) in [5, 5.41) is 3.21. The van der Waals surface area contributed by atoms with Gasteiger partial charge in [-0.15, -0.1) is 0 Å². The summed E-state index contributed by atoms with van der Waals surface area (Å²) in [5.74, 6) is 0.0309. The molecule has 0 fully saturated rings. The molecule has 0 spiro atoms. The van der Waals surface area contributed by atoms with Crippen molar-refractivity contribution >= 4 is 33.2 Å². The lowest BCUT2D eigenvalue weighted by molar-refractivity contribution is -0.120. The predicted molar refractivity (Wildman–Crippen MR) is 117 cm³/mol. The fourth-order valence-electron chi connectivity index (χ4n) is 3.20. The summed E-state index contributed by atoms with van der Waals surface area (Å²) in [7, 11) is -2.22. The highest BCUT2D eigenvalue weighted by Crippen LogP contribution is 2.30. The van der Waals surface area contributed by atoms with Crippen LogP contribution in [0.1, 0.15) is 36.1 Å². The van der Waals surface area contributed by atoms with Gasteiger partial charge in [0.2, 0.25) is 15.9 Å². The van der Waals surface area contributed by atoms with Gasteiger partial charge < -0.3 is 10.1 Å². The lowest BCUT2D eigenvalue weighted by Gasteiger charge is -2.25. The second-order valence-electron chi connectivity index (χ2n) is 6.98. The van der Waals surface area contributed by atoms with Crippen LogP contribution < -0.4 is 14.4 Å². The van der Waals surface area contributed by atoms with Gasteiger partial charge in [-0.2, -0.15) is 0 Å². The average Bonchev–Trinajstić information content (AvgIpc) is 2.63. The number of anilines is 1. The van der Waals surface area contributed by atoms with Crippen LogP contribution in [0.15, 0.2) is 36.4 Å². The van der Waals surface area contributed by atoms with Gasteiger partial charge in [0, 0.05) is 0 Å². The van der Waals surface area contributed by atoms with Gasteiger partial charge >= 0.3 is 0 Å². The van der Waals surface area contributed by atoms with E-state index in [4.69, 9.17) is 16.3 Å². The van der Waals surface area contributed by atoms with Crippen molar-refractivity contribution in [2.24, 2.45) is 0 Å². The first-order valence-electron chi connectivity index (χ1n) is 9.24. The zero-order valence-corrected chi connectivity index (χ0v) is 18.9. The van der Waals surface area contributed by atoms with Gasteiger partial charge in [0.15, 0.2) is 0 Å². The molecule has 158 valence electrons. The number of ether oxygens (including phenoxy) is 1. The lowest BCUT2D eigenvalue weighted by atomic mass is 9.97. The van der Waals surface area contributed by atoms with Crippen molar-refractivity contribution in [2.75, 3.05) is 24.2 Å². The van der Waals surface area contributed by atoms with E-state index in [9.17, 15) is 13.2 Å². The normalized spacial score (nSPS) is 12.3. The predicted octanol–water partition coefficient (Wildman–Crippen LogP) is 4.00. The first-order chi connectivity index (χ1) is 13.6. The van der Waals surface area contributed by atoms with E-state index in [1.165, 1.54) is 13.2 Å². The number of carbonyl (C=O) groups excluding carboxylic acids is 1. The molecule has 2 aromatic carbocycles. The third kappa shape index (κ3) is 5.87. The molecular formula is C21H27ClN2O4S. The Kier molecular flexibility index (Phi) is 7.54. The third-order valence-electron chi connectivity index (χ3n) is 4.66. The Bertz CT molecular complexity index is 992. The van der Waals surface area contributed by atoms with E-state index in [1.807, 2.05) is 32.9 Å². The van der Waals surface area contributed by atoms with Gasteiger partial charge in [0.25, 0.3) is 0 Å².